The number of carbonyl (C=O) groups is 1. The van der Waals surface area contributed by atoms with Gasteiger partial charge in [-0.1, -0.05) is 35.4 Å². The van der Waals surface area contributed by atoms with Crippen LogP contribution in [0.25, 0.3) is 0 Å². The summed E-state index contributed by atoms with van der Waals surface area (Å²) in [4.78, 5) is 12.9. The smallest absolute Gasteiger partial charge is 0.231 e. The summed E-state index contributed by atoms with van der Waals surface area (Å²) >= 11 is 14.6. The van der Waals surface area contributed by atoms with Crippen LogP contribution in [0, 0.1) is 17.7 Å². The number of aliphatic hydroxyl groups is 1. The zero-order chi connectivity index (χ0) is 19.3. The van der Waals surface area contributed by atoms with Crippen molar-refractivity contribution in [3.63, 3.8) is 0 Å². The van der Waals surface area contributed by atoms with Crippen molar-refractivity contribution in [3.8, 4) is 0 Å². The van der Waals surface area contributed by atoms with Crippen LogP contribution in [-0.2, 0) is 10.5 Å². The first-order valence-electron chi connectivity index (χ1n) is 7.91. The van der Waals surface area contributed by atoms with Crippen molar-refractivity contribution in [2.45, 2.75) is 5.72 Å². The number of rotatable bonds is 3. The molecule has 0 saturated carbocycles. The van der Waals surface area contributed by atoms with Crippen LogP contribution in [0.2, 0.25) is 5.02 Å². The molecule has 3 unspecified atom stereocenters. The highest BCUT2D eigenvalue weighted by atomic mass is 127. The predicted molar refractivity (Wildman–Crippen MR) is 113 cm³/mol. The monoisotopic (exact) mass is 536 g/mol. The molecule has 0 radical (unpaired) electrons. The fourth-order valence-corrected chi connectivity index (χ4v) is 5.28. The molecule has 0 aromatic heterocycles. The Kier molecular flexibility index (Phi) is 5.09. The number of fused-ring (bicyclic) bond motifs is 3. The zero-order valence-corrected chi connectivity index (χ0v) is 18.0. The van der Waals surface area contributed by atoms with Gasteiger partial charge in [-0.15, -0.1) is 0 Å². The molecule has 9 heteroatoms. The van der Waals surface area contributed by atoms with Gasteiger partial charge in [0.05, 0.1) is 11.6 Å². The first-order valence-corrected chi connectivity index (χ1v) is 12.0. The van der Waals surface area contributed by atoms with Gasteiger partial charge in [0.1, 0.15) is 5.82 Å². The summed E-state index contributed by atoms with van der Waals surface area (Å²) in [6.07, 6.45) is 7.22. The number of carbonyl (C=O) groups excluding carboxylic acids is 1. The molecule has 1 aromatic rings. The number of halogens is 4. The first-order chi connectivity index (χ1) is 12.9. The quantitative estimate of drug-likeness (QED) is 0.394. The maximum absolute atomic E-state index is 13.9. The molecule has 1 heterocycles. The zero-order valence-electron chi connectivity index (χ0n) is 13.5. The molecular weight excluding hydrogens is 525 g/mol. The number of hydrogen-bond donors (Lipinski definition) is 3. The lowest BCUT2D eigenvalue weighted by Gasteiger charge is -2.34. The minimum absolute atomic E-state index is 0.0889. The molecular formula is C18H12Cl2FIN2O2S. The van der Waals surface area contributed by atoms with Crippen molar-refractivity contribution in [1.82, 2.24) is 10.0 Å². The van der Waals surface area contributed by atoms with Crippen molar-refractivity contribution < 1.29 is 14.3 Å². The standard InChI is InChI=1S/C18H12Cl2FIN2O2S/c19-12-3-1-2-9-10(12)7-14(24-27-22)16-15(9)17(25)23-18(16,26)11-6-8(21)4-5-13(11)20/h1-7,9,15,24,26H,(H,23,25). The molecule has 1 saturated heterocycles. The number of amides is 1. The van der Waals surface area contributed by atoms with Gasteiger partial charge in [0.25, 0.3) is 0 Å². The Morgan fingerprint density at radius 1 is 1.37 bits per heavy atom. The molecule has 1 aromatic carbocycles. The summed E-state index contributed by atoms with van der Waals surface area (Å²) in [5, 5.41) is 14.8. The molecule has 4 nitrogen and oxygen atoms in total. The lowest BCUT2D eigenvalue weighted by Crippen LogP contribution is -2.41. The van der Waals surface area contributed by atoms with Crippen LogP contribution < -0.4 is 10.0 Å². The summed E-state index contributed by atoms with van der Waals surface area (Å²) in [6, 6.07) is 3.69. The van der Waals surface area contributed by atoms with Gasteiger partial charge in [-0.05, 0) is 35.9 Å². The number of allylic oxidation sites excluding steroid dienone is 6. The first kappa shape index (κ1) is 19.3. The SMILES string of the molecule is O=C1NC(O)(c2cc(F)ccc2Cl)C2=C(NSI)C=C3C(Cl)=CC=CC3C12. The topological polar surface area (TPSA) is 61.4 Å². The van der Waals surface area contributed by atoms with E-state index >= 15 is 0 Å². The van der Waals surface area contributed by atoms with Gasteiger partial charge in [0.15, 0.2) is 5.72 Å². The molecule has 140 valence electrons. The van der Waals surface area contributed by atoms with Crippen molar-refractivity contribution in [3.05, 3.63) is 80.8 Å². The van der Waals surface area contributed by atoms with Gasteiger partial charge >= 0.3 is 0 Å². The summed E-state index contributed by atoms with van der Waals surface area (Å²) in [5.41, 5.74) is -0.127. The molecule has 1 fully saturated rings. The van der Waals surface area contributed by atoms with E-state index in [0.29, 0.717) is 16.3 Å². The van der Waals surface area contributed by atoms with Crippen molar-refractivity contribution in [1.29, 1.82) is 0 Å². The molecule has 3 aliphatic rings. The van der Waals surface area contributed by atoms with E-state index in [1.165, 1.54) is 21.3 Å². The van der Waals surface area contributed by atoms with Crippen LogP contribution in [0.1, 0.15) is 5.56 Å². The summed E-state index contributed by atoms with van der Waals surface area (Å²) in [5.74, 6) is -1.96. The average molecular weight is 537 g/mol. The van der Waals surface area contributed by atoms with E-state index in [2.05, 4.69) is 10.0 Å². The van der Waals surface area contributed by atoms with Crippen molar-refractivity contribution in [2.75, 3.05) is 0 Å². The Morgan fingerprint density at radius 3 is 2.89 bits per heavy atom. The van der Waals surface area contributed by atoms with Crippen LogP contribution in [0.4, 0.5) is 4.39 Å². The van der Waals surface area contributed by atoms with Crippen LogP contribution in [-0.4, -0.2) is 11.0 Å². The van der Waals surface area contributed by atoms with E-state index in [0.717, 1.165) is 11.6 Å². The lowest BCUT2D eigenvalue weighted by atomic mass is 9.72. The second kappa shape index (κ2) is 7.11. The third-order valence-corrected chi connectivity index (χ3v) is 6.53. The predicted octanol–water partition coefficient (Wildman–Crippen LogP) is 4.46. The van der Waals surface area contributed by atoms with Gasteiger partial charge < -0.3 is 15.1 Å². The van der Waals surface area contributed by atoms with Gasteiger partial charge in [0.2, 0.25) is 5.91 Å². The summed E-state index contributed by atoms with van der Waals surface area (Å²) in [7, 11) is 1.28. The maximum Gasteiger partial charge on any atom is 0.231 e. The molecule has 0 bridgehead atoms. The maximum atomic E-state index is 13.9. The molecule has 0 spiro atoms. The molecule has 4 rings (SSSR count). The molecule has 2 aliphatic carbocycles. The van der Waals surface area contributed by atoms with Gasteiger partial charge in [0, 0.05) is 57.4 Å². The molecule has 27 heavy (non-hydrogen) atoms. The minimum Gasteiger partial charge on any atom is -0.363 e. The summed E-state index contributed by atoms with van der Waals surface area (Å²) < 4.78 is 17.0. The summed E-state index contributed by atoms with van der Waals surface area (Å²) in [6.45, 7) is 0. The Labute approximate surface area is 181 Å². The Morgan fingerprint density at radius 2 is 2.15 bits per heavy atom. The average Bonchev–Trinajstić information content (AvgIpc) is 2.91. The van der Waals surface area contributed by atoms with Crippen molar-refractivity contribution >= 4 is 59.4 Å². The number of benzene rings is 1. The van der Waals surface area contributed by atoms with E-state index in [9.17, 15) is 14.3 Å². The van der Waals surface area contributed by atoms with Gasteiger partial charge in [-0.25, -0.2) is 4.39 Å². The van der Waals surface area contributed by atoms with E-state index in [4.69, 9.17) is 23.2 Å². The second-order valence-corrected chi connectivity index (χ2v) is 8.83. The Hall–Kier alpha value is -1.000. The fourth-order valence-electron chi connectivity index (χ4n) is 3.81. The molecule has 3 atom stereocenters. The number of hydrogen-bond acceptors (Lipinski definition) is 4. The van der Waals surface area contributed by atoms with E-state index in [-0.39, 0.29) is 22.4 Å². The van der Waals surface area contributed by atoms with E-state index in [1.54, 1.807) is 12.2 Å². The Balaban J connectivity index is 1.97. The minimum atomic E-state index is -1.93. The highest BCUT2D eigenvalue weighted by Crippen LogP contribution is 2.51. The second-order valence-electron chi connectivity index (χ2n) is 6.33. The van der Waals surface area contributed by atoms with Crippen LogP contribution in [0.5, 0.6) is 0 Å². The highest BCUT2D eigenvalue weighted by molar-refractivity contribution is 14.2. The van der Waals surface area contributed by atoms with Crippen molar-refractivity contribution in [2.24, 2.45) is 11.8 Å². The lowest BCUT2D eigenvalue weighted by molar-refractivity contribution is -0.125. The largest absolute Gasteiger partial charge is 0.363 e. The highest BCUT2D eigenvalue weighted by Gasteiger charge is 2.55. The van der Waals surface area contributed by atoms with Crippen LogP contribution >= 0.6 is 53.5 Å². The normalized spacial score (nSPS) is 29.0. The van der Waals surface area contributed by atoms with Gasteiger partial charge in [-0.2, -0.15) is 0 Å². The molecule has 1 amide bonds. The fraction of sp³-hybridized carbons (Fsp3) is 0.167. The third kappa shape index (κ3) is 3.04. The van der Waals surface area contributed by atoms with Gasteiger partial charge in [-0.3, -0.25) is 4.79 Å². The Bertz CT molecular complexity index is 978. The third-order valence-electron chi connectivity index (χ3n) is 4.90. The van der Waals surface area contributed by atoms with Crippen LogP contribution in [0.3, 0.4) is 0 Å². The van der Waals surface area contributed by atoms with E-state index in [1.807, 2.05) is 33.4 Å². The number of nitrogens with one attached hydrogen (secondary N) is 2. The molecule has 3 N–H and O–H groups in total. The van der Waals surface area contributed by atoms with E-state index < -0.39 is 17.5 Å². The molecule has 1 aliphatic heterocycles. The van der Waals surface area contributed by atoms with Crippen LogP contribution in [0.15, 0.2) is 64.4 Å².